The number of carbonyl (C=O) groups is 2. The first-order chi connectivity index (χ1) is 12.6. The van der Waals surface area contributed by atoms with Crippen molar-refractivity contribution >= 4 is 17.5 Å². The monoisotopic (exact) mass is 357 g/mol. The molecule has 1 N–H and O–H groups in total. The van der Waals surface area contributed by atoms with Crippen molar-refractivity contribution in [1.82, 2.24) is 10.2 Å². The van der Waals surface area contributed by atoms with E-state index in [1.165, 1.54) is 6.42 Å². The van der Waals surface area contributed by atoms with Crippen molar-refractivity contribution in [3.05, 3.63) is 24.3 Å². The molecule has 4 rings (SSSR count). The van der Waals surface area contributed by atoms with Crippen LogP contribution in [0.25, 0.3) is 0 Å². The number of piperidine rings is 1. The molecule has 1 atom stereocenters. The lowest BCUT2D eigenvalue weighted by molar-refractivity contribution is -0.137. The van der Waals surface area contributed by atoms with E-state index >= 15 is 0 Å². The first-order valence-corrected chi connectivity index (χ1v) is 9.55. The molecule has 3 aliphatic rings. The van der Waals surface area contributed by atoms with Gasteiger partial charge in [0.2, 0.25) is 11.8 Å². The first-order valence-electron chi connectivity index (χ1n) is 9.55. The van der Waals surface area contributed by atoms with Gasteiger partial charge in [-0.1, -0.05) is 12.1 Å². The second-order valence-electron chi connectivity index (χ2n) is 7.83. The number of rotatable bonds is 3. The number of benzene rings is 1. The Kier molecular flexibility index (Phi) is 4.61. The minimum absolute atomic E-state index is 0.00122. The van der Waals surface area contributed by atoms with Gasteiger partial charge in [0.25, 0.3) is 0 Å². The van der Waals surface area contributed by atoms with Crippen LogP contribution in [-0.4, -0.2) is 56.5 Å². The fourth-order valence-corrected chi connectivity index (χ4v) is 4.64. The van der Waals surface area contributed by atoms with E-state index in [4.69, 9.17) is 4.74 Å². The van der Waals surface area contributed by atoms with Crippen LogP contribution in [0.5, 0.6) is 5.75 Å². The highest BCUT2D eigenvalue weighted by Crippen LogP contribution is 2.38. The van der Waals surface area contributed by atoms with E-state index in [-0.39, 0.29) is 17.7 Å². The Labute approximate surface area is 154 Å². The molecule has 1 unspecified atom stereocenters. The van der Waals surface area contributed by atoms with Crippen LogP contribution in [-0.2, 0) is 9.59 Å². The number of hydrogen-bond donors (Lipinski definition) is 1. The smallest absolute Gasteiger partial charge is 0.228 e. The van der Waals surface area contributed by atoms with Gasteiger partial charge in [-0.3, -0.25) is 9.59 Å². The first kappa shape index (κ1) is 17.3. The highest BCUT2D eigenvalue weighted by molar-refractivity contribution is 6.01. The molecule has 0 radical (unpaired) electrons. The summed E-state index contributed by atoms with van der Waals surface area (Å²) >= 11 is 0. The van der Waals surface area contributed by atoms with E-state index in [1.54, 1.807) is 12.0 Å². The normalized spacial score (nSPS) is 25.1. The lowest BCUT2D eigenvalue weighted by Gasteiger charge is -2.39. The molecule has 140 valence electrons. The predicted molar refractivity (Wildman–Crippen MR) is 99.2 cm³/mol. The van der Waals surface area contributed by atoms with Gasteiger partial charge >= 0.3 is 0 Å². The Morgan fingerprint density at radius 1 is 1.23 bits per heavy atom. The van der Waals surface area contributed by atoms with Gasteiger partial charge in [-0.25, -0.2) is 0 Å². The summed E-state index contributed by atoms with van der Waals surface area (Å²) in [6.45, 7) is 4.26. The Balaban J connectivity index is 1.41. The highest BCUT2D eigenvalue weighted by atomic mass is 16.5. The van der Waals surface area contributed by atoms with Crippen LogP contribution >= 0.6 is 0 Å². The lowest BCUT2D eigenvalue weighted by Crippen LogP contribution is -2.46. The van der Waals surface area contributed by atoms with Crippen molar-refractivity contribution in [3.8, 4) is 5.75 Å². The van der Waals surface area contributed by atoms with Gasteiger partial charge in [0.05, 0.1) is 18.7 Å². The number of nitrogens with one attached hydrogen (secondary N) is 1. The maximum absolute atomic E-state index is 13.0. The SMILES string of the molecule is COc1ccccc1N1CC(C(=O)N2CCC3(CCNC3)CC2)CC1=O. The summed E-state index contributed by atoms with van der Waals surface area (Å²) < 4.78 is 5.38. The standard InChI is InChI=1S/C20H27N3O3/c1-26-17-5-3-2-4-16(17)23-13-15(12-18(23)24)19(25)22-10-7-20(8-11-22)6-9-21-14-20/h2-5,15,21H,6-14H2,1H3. The number of nitrogens with zero attached hydrogens (tertiary/aromatic N) is 2. The third-order valence-electron chi connectivity index (χ3n) is 6.32. The van der Waals surface area contributed by atoms with Crippen LogP contribution in [0.3, 0.4) is 0 Å². The van der Waals surface area contributed by atoms with Crippen molar-refractivity contribution in [2.24, 2.45) is 11.3 Å². The molecular weight excluding hydrogens is 330 g/mol. The highest BCUT2D eigenvalue weighted by Gasteiger charge is 2.42. The van der Waals surface area contributed by atoms with E-state index in [9.17, 15) is 9.59 Å². The van der Waals surface area contributed by atoms with Crippen molar-refractivity contribution in [1.29, 1.82) is 0 Å². The van der Waals surface area contributed by atoms with Crippen molar-refractivity contribution in [2.75, 3.05) is 44.7 Å². The zero-order chi connectivity index (χ0) is 18.1. The summed E-state index contributed by atoms with van der Waals surface area (Å²) in [7, 11) is 1.60. The summed E-state index contributed by atoms with van der Waals surface area (Å²) in [4.78, 5) is 29.2. The number of ether oxygens (including phenoxy) is 1. The fourth-order valence-electron chi connectivity index (χ4n) is 4.64. The second-order valence-corrected chi connectivity index (χ2v) is 7.83. The Bertz CT molecular complexity index is 689. The minimum atomic E-state index is -0.247. The van der Waals surface area contributed by atoms with Gasteiger partial charge in [0, 0.05) is 32.6 Å². The van der Waals surface area contributed by atoms with E-state index in [2.05, 4.69) is 5.32 Å². The summed E-state index contributed by atoms with van der Waals surface area (Å²) in [6.07, 6.45) is 3.66. The quantitative estimate of drug-likeness (QED) is 0.894. The van der Waals surface area contributed by atoms with Crippen molar-refractivity contribution < 1.29 is 14.3 Å². The maximum Gasteiger partial charge on any atom is 0.228 e. The lowest BCUT2D eigenvalue weighted by atomic mass is 9.77. The molecule has 1 aromatic rings. The molecule has 3 aliphatic heterocycles. The molecule has 0 bridgehead atoms. The third kappa shape index (κ3) is 3.07. The average Bonchev–Trinajstić information content (AvgIpc) is 3.28. The largest absolute Gasteiger partial charge is 0.495 e. The number of methoxy groups -OCH3 is 1. The molecule has 1 aromatic carbocycles. The molecule has 0 saturated carbocycles. The van der Waals surface area contributed by atoms with Crippen LogP contribution in [0, 0.1) is 11.3 Å². The molecule has 3 fully saturated rings. The number of likely N-dealkylation sites (tertiary alicyclic amines) is 1. The zero-order valence-electron chi connectivity index (χ0n) is 15.4. The maximum atomic E-state index is 13.0. The zero-order valence-corrected chi connectivity index (χ0v) is 15.4. The third-order valence-corrected chi connectivity index (χ3v) is 6.32. The van der Waals surface area contributed by atoms with E-state index in [1.807, 2.05) is 29.2 Å². The number of para-hydroxylation sites is 2. The Morgan fingerprint density at radius 2 is 2.00 bits per heavy atom. The summed E-state index contributed by atoms with van der Waals surface area (Å²) in [5.74, 6) is 0.559. The molecule has 6 nitrogen and oxygen atoms in total. The van der Waals surface area contributed by atoms with Gasteiger partial charge in [-0.2, -0.15) is 0 Å². The number of hydrogen-bond acceptors (Lipinski definition) is 4. The summed E-state index contributed by atoms with van der Waals surface area (Å²) in [6, 6.07) is 7.49. The van der Waals surface area contributed by atoms with Gasteiger partial charge in [-0.05, 0) is 43.4 Å². The van der Waals surface area contributed by atoms with Crippen LogP contribution < -0.4 is 15.0 Å². The van der Waals surface area contributed by atoms with Crippen molar-refractivity contribution in [2.45, 2.75) is 25.7 Å². The van der Waals surface area contributed by atoms with Crippen LogP contribution in [0.2, 0.25) is 0 Å². The summed E-state index contributed by atoms with van der Waals surface area (Å²) in [5.41, 5.74) is 1.15. The summed E-state index contributed by atoms with van der Waals surface area (Å²) in [5, 5.41) is 3.46. The van der Waals surface area contributed by atoms with E-state index in [0.717, 1.165) is 44.7 Å². The molecule has 26 heavy (non-hydrogen) atoms. The molecule has 0 aromatic heterocycles. The van der Waals surface area contributed by atoms with Gasteiger partial charge in [0.1, 0.15) is 5.75 Å². The van der Waals surface area contributed by atoms with E-state index < -0.39 is 0 Å². The molecule has 6 heteroatoms. The topological polar surface area (TPSA) is 61.9 Å². The number of anilines is 1. The van der Waals surface area contributed by atoms with Gasteiger partial charge in [-0.15, -0.1) is 0 Å². The molecule has 2 amide bonds. The molecule has 0 aliphatic carbocycles. The Morgan fingerprint density at radius 3 is 2.69 bits per heavy atom. The fraction of sp³-hybridized carbons (Fsp3) is 0.600. The van der Waals surface area contributed by atoms with Crippen LogP contribution in [0.4, 0.5) is 5.69 Å². The molecule has 3 heterocycles. The van der Waals surface area contributed by atoms with Crippen LogP contribution in [0.1, 0.15) is 25.7 Å². The van der Waals surface area contributed by atoms with E-state index in [0.29, 0.717) is 24.1 Å². The van der Waals surface area contributed by atoms with Gasteiger partial charge < -0.3 is 19.9 Å². The predicted octanol–water partition coefficient (Wildman–Crippen LogP) is 1.65. The Hall–Kier alpha value is -2.08. The number of carbonyl (C=O) groups excluding carboxylic acids is 2. The second kappa shape index (κ2) is 6.91. The average molecular weight is 357 g/mol. The van der Waals surface area contributed by atoms with Crippen LogP contribution in [0.15, 0.2) is 24.3 Å². The van der Waals surface area contributed by atoms with Gasteiger partial charge in [0.15, 0.2) is 0 Å². The number of amides is 2. The minimum Gasteiger partial charge on any atom is -0.495 e. The molecular formula is C20H27N3O3. The van der Waals surface area contributed by atoms with Crippen molar-refractivity contribution in [3.63, 3.8) is 0 Å². The molecule has 3 saturated heterocycles. The molecule has 1 spiro atoms.